The van der Waals surface area contributed by atoms with Crippen molar-refractivity contribution in [2.45, 2.75) is 6.42 Å². The number of fused-ring (bicyclic) bond motifs is 1. The van der Waals surface area contributed by atoms with Crippen molar-refractivity contribution < 1.29 is 19.4 Å². The van der Waals surface area contributed by atoms with Gasteiger partial charge >= 0.3 is 0 Å². The third-order valence-corrected chi connectivity index (χ3v) is 3.17. The molecule has 0 atom stereocenters. The number of phenolic OH excluding ortho intramolecular Hbond substituents is 1. The van der Waals surface area contributed by atoms with Crippen molar-refractivity contribution in [2.24, 2.45) is 0 Å². The Balaban J connectivity index is 1.69. The molecule has 0 bridgehead atoms. The lowest BCUT2D eigenvalue weighted by Gasteiger charge is -2.18. The summed E-state index contributed by atoms with van der Waals surface area (Å²) < 4.78 is 5.25. The smallest absolute Gasteiger partial charge is 0.262 e. The number of rotatable bonds is 3. The van der Waals surface area contributed by atoms with E-state index in [1.165, 1.54) is 0 Å². The molecule has 1 aliphatic heterocycles. The lowest BCUT2D eigenvalue weighted by Crippen LogP contribution is -2.25. The summed E-state index contributed by atoms with van der Waals surface area (Å²) in [6, 6.07) is 11.6. The first-order chi connectivity index (χ1) is 10.6. The Morgan fingerprint density at radius 3 is 2.95 bits per heavy atom. The van der Waals surface area contributed by atoms with Gasteiger partial charge in [0, 0.05) is 5.69 Å². The quantitative estimate of drug-likeness (QED) is 0.807. The molecule has 0 saturated carbocycles. The lowest BCUT2D eigenvalue weighted by atomic mass is 10.1. The van der Waals surface area contributed by atoms with Gasteiger partial charge in [-0.2, -0.15) is 0 Å². The Bertz CT molecular complexity index is 743. The highest BCUT2D eigenvalue weighted by Gasteiger charge is 2.16. The molecule has 22 heavy (non-hydrogen) atoms. The van der Waals surface area contributed by atoms with E-state index in [1.807, 2.05) is 0 Å². The number of benzene rings is 2. The van der Waals surface area contributed by atoms with Crippen molar-refractivity contribution in [3.05, 3.63) is 48.0 Å². The summed E-state index contributed by atoms with van der Waals surface area (Å²) in [5.41, 5.74) is 1.81. The summed E-state index contributed by atoms with van der Waals surface area (Å²) in [6.45, 7) is -0.00376. The van der Waals surface area contributed by atoms with E-state index >= 15 is 0 Å². The van der Waals surface area contributed by atoms with Gasteiger partial charge in [0.1, 0.15) is 11.5 Å². The number of nitrogens with one attached hydrogen (secondary N) is 2. The summed E-state index contributed by atoms with van der Waals surface area (Å²) in [5.74, 6) is 0.258. The van der Waals surface area contributed by atoms with Crippen LogP contribution in [0, 0.1) is 0 Å². The molecule has 3 rings (SSSR count). The summed E-state index contributed by atoms with van der Waals surface area (Å²) >= 11 is 0. The molecule has 0 aromatic heterocycles. The fourth-order valence-electron chi connectivity index (χ4n) is 2.22. The second-order valence-corrected chi connectivity index (χ2v) is 4.94. The van der Waals surface area contributed by atoms with Crippen LogP contribution in [0.25, 0.3) is 0 Å². The van der Waals surface area contributed by atoms with Crippen LogP contribution in [0.3, 0.4) is 0 Å². The minimum atomic E-state index is -0.226. The molecular formula is C16H14N2O4. The van der Waals surface area contributed by atoms with Crippen LogP contribution < -0.4 is 15.4 Å². The zero-order valence-corrected chi connectivity index (χ0v) is 11.6. The maximum Gasteiger partial charge on any atom is 0.262 e. The molecule has 0 aliphatic carbocycles. The topological polar surface area (TPSA) is 87.7 Å². The van der Waals surface area contributed by atoms with Crippen LogP contribution in [-0.4, -0.2) is 23.5 Å². The van der Waals surface area contributed by atoms with Crippen LogP contribution in [0.1, 0.15) is 5.56 Å². The monoisotopic (exact) mass is 298 g/mol. The number of hydrogen-bond acceptors (Lipinski definition) is 4. The Kier molecular flexibility index (Phi) is 3.65. The second-order valence-electron chi connectivity index (χ2n) is 4.94. The minimum absolute atomic E-state index is 0.00376. The van der Waals surface area contributed by atoms with Crippen molar-refractivity contribution in [3.8, 4) is 11.5 Å². The van der Waals surface area contributed by atoms with Gasteiger partial charge in [0.15, 0.2) is 6.61 Å². The molecule has 2 amide bonds. The SMILES string of the molecule is O=C(Cc1cccc(O)c1)Nc1ccc2c(c1)NC(=O)CO2. The van der Waals surface area contributed by atoms with Gasteiger partial charge in [-0.15, -0.1) is 0 Å². The van der Waals surface area contributed by atoms with Crippen molar-refractivity contribution in [3.63, 3.8) is 0 Å². The van der Waals surface area contributed by atoms with Gasteiger partial charge in [-0.1, -0.05) is 12.1 Å². The fraction of sp³-hybridized carbons (Fsp3) is 0.125. The van der Waals surface area contributed by atoms with Gasteiger partial charge in [0.05, 0.1) is 12.1 Å². The molecule has 0 fully saturated rings. The van der Waals surface area contributed by atoms with Gasteiger partial charge in [-0.05, 0) is 35.9 Å². The van der Waals surface area contributed by atoms with Crippen molar-refractivity contribution in [2.75, 3.05) is 17.2 Å². The van der Waals surface area contributed by atoms with E-state index in [2.05, 4.69) is 10.6 Å². The predicted octanol–water partition coefficient (Wildman–Crippen LogP) is 1.90. The highest BCUT2D eigenvalue weighted by molar-refractivity contribution is 5.98. The zero-order valence-electron chi connectivity index (χ0n) is 11.6. The molecule has 0 unspecified atom stereocenters. The van der Waals surface area contributed by atoms with E-state index in [-0.39, 0.29) is 30.6 Å². The summed E-state index contributed by atoms with van der Waals surface area (Å²) in [5, 5.41) is 14.8. The summed E-state index contributed by atoms with van der Waals surface area (Å²) in [4.78, 5) is 23.3. The number of phenols is 1. The molecular weight excluding hydrogens is 284 g/mol. The third-order valence-electron chi connectivity index (χ3n) is 3.17. The van der Waals surface area contributed by atoms with Crippen LogP contribution >= 0.6 is 0 Å². The van der Waals surface area contributed by atoms with Gasteiger partial charge in [0.25, 0.3) is 5.91 Å². The Morgan fingerprint density at radius 1 is 1.27 bits per heavy atom. The fourth-order valence-corrected chi connectivity index (χ4v) is 2.22. The van der Waals surface area contributed by atoms with E-state index < -0.39 is 0 Å². The molecule has 1 heterocycles. The molecule has 0 radical (unpaired) electrons. The Hall–Kier alpha value is -3.02. The molecule has 6 heteroatoms. The summed E-state index contributed by atoms with van der Waals surface area (Å²) in [7, 11) is 0. The van der Waals surface area contributed by atoms with E-state index in [9.17, 15) is 14.7 Å². The van der Waals surface area contributed by atoms with E-state index in [4.69, 9.17) is 4.74 Å². The number of ether oxygens (including phenoxy) is 1. The van der Waals surface area contributed by atoms with Crippen LogP contribution in [0.4, 0.5) is 11.4 Å². The highest BCUT2D eigenvalue weighted by atomic mass is 16.5. The number of anilines is 2. The van der Waals surface area contributed by atoms with Crippen LogP contribution in [0.15, 0.2) is 42.5 Å². The molecule has 6 nitrogen and oxygen atoms in total. The molecule has 1 aliphatic rings. The zero-order chi connectivity index (χ0) is 15.5. The van der Waals surface area contributed by atoms with E-state index in [0.717, 1.165) is 0 Å². The number of carbonyl (C=O) groups is 2. The first-order valence-corrected chi connectivity index (χ1v) is 6.74. The normalized spacial score (nSPS) is 12.8. The van der Waals surface area contributed by atoms with Crippen molar-refractivity contribution >= 4 is 23.2 Å². The van der Waals surface area contributed by atoms with Crippen molar-refractivity contribution in [1.29, 1.82) is 0 Å². The van der Waals surface area contributed by atoms with E-state index in [1.54, 1.807) is 42.5 Å². The number of hydrogen-bond donors (Lipinski definition) is 3. The Labute approximate surface area is 126 Å². The number of aromatic hydroxyl groups is 1. The van der Waals surface area contributed by atoms with Crippen molar-refractivity contribution in [1.82, 2.24) is 0 Å². The Morgan fingerprint density at radius 2 is 2.14 bits per heavy atom. The first kappa shape index (κ1) is 13.9. The average Bonchev–Trinajstić information content (AvgIpc) is 2.46. The van der Waals surface area contributed by atoms with Gasteiger partial charge in [0.2, 0.25) is 5.91 Å². The standard InChI is InChI=1S/C16H14N2O4/c19-12-3-1-2-10(6-12)7-15(20)17-11-4-5-14-13(8-11)18-16(21)9-22-14/h1-6,8,19H,7,9H2,(H,17,20)(H,18,21). The predicted molar refractivity (Wildman–Crippen MR) is 81.0 cm³/mol. The van der Waals surface area contributed by atoms with Gasteiger partial charge < -0.3 is 20.5 Å². The number of amides is 2. The highest BCUT2D eigenvalue weighted by Crippen LogP contribution is 2.30. The molecule has 3 N–H and O–H groups in total. The summed E-state index contributed by atoms with van der Waals surface area (Å²) in [6.07, 6.45) is 0.147. The molecule has 0 saturated heterocycles. The molecule has 0 spiro atoms. The van der Waals surface area contributed by atoms with E-state index in [0.29, 0.717) is 22.7 Å². The molecule has 2 aromatic carbocycles. The molecule has 112 valence electrons. The van der Waals surface area contributed by atoms with Crippen LogP contribution in [0.5, 0.6) is 11.5 Å². The largest absolute Gasteiger partial charge is 0.508 e. The minimum Gasteiger partial charge on any atom is -0.508 e. The van der Waals surface area contributed by atoms with Crippen LogP contribution in [0.2, 0.25) is 0 Å². The van der Waals surface area contributed by atoms with Gasteiger partial charge in [-0.3, -0.25) is 9.59 Å². The maximum absolute atomic E-state index is 12.0. The third kappa shape index (κ3) is 3.17. The van der Waals surface area contributed by atoms with Crippen LogP contribution in [-0.2, 0) is 16.0 Å². The molecule has 2 aromatic rings. The maximum atomic E-state index is 12.0. The first-order valence-electron chi connectivity index (χ1n) is 6.74. The lowest BCUT2D eigenvalue weighted by molar-refractivity contribution is -0.118. The second kappa shape index (κ2) is 5.77. The average molecular weight is 298 g/mol. The number of carbonyl (C=O) groups excluding carboxylic acids is 2. The van der Waals surface area contributed by atoms with Gasteiger partial charge in [-0.25, -0.2) is 0 Å².